The molecule has 27 heavy (non-hydrogen) atoms. The van der Waals surface area contributed by atoms with Gasteiger partial charge in [0.2, 0.25) is 11.8 Å². The summed E-state index contributed by atoms with van der Waals surface area (Å²) in [5, 5.41) is 2.98. The molecule has 1 aliphatic heterocycles. The maximum absolute atomic E-state index is 12.9. The number of nitrogens with zero attached hydrogens (tertiary/aromatic N) is 2. The molecule has 0 radical (unpaired) electrons. The normalized spacial score (nSPS) is 14.7. The Morgan fingerprint density at radius 1 is 1.04 bits per heavy atom. The monoisotopic (exact) mass is 365 g/mol. The lowest BCUT2D eigenvalue weighted by Gasteiger charge is -2.24. The van der Waals surface area contributed by atoms with Gasteiger partial charge in [0.25, 0.3) is 0 Å². The highest BCUT2D eigenvalue weighted by molar-refractivity contribution is 5.88. The molecule has 0 bridgehead atoms. The van der Waals surface area contributed by atoms with Gasteiger partial charge in [-0.2, -0.15) is 0 Å². The fraction of sp³-hybridized carbons (Fsp3) is 0.409. The quantitative estimate of drug-likeness (QED) is 0.782. The predicted octanol–water partition coefficient (Wildman–Crippen LogP) is 2.75. The minimum atomic E-state index is -0.493. The van der Waals surface area contributed by atoms with Crippen LogP contribution in [-0.2, 0) is 22.4 Å². The Morgan fingerprint density at radius 3 is 2.48 bits per heavy atom. The van der Waals surface area contributed by atoms with Gasteiger partial charge in [-0.1, -0.05) is 36.4 Å². The van der Waals surface area contributed by atoms with E-state index in [2.05, 4.69) is 10.3 Å². The number of hydrogen-bond donors (Lipinski definition) is 1. The lowest BCUT2D eigenvalue weighted by atomic mass is 10.0. The zero-order chi connectivity index (χ0) is 18.9. The second-order valence-electron chi connectivity index (χ2n) is 7.02. The van der Waals surface area contributed by atoms with Gasteiger partial charge in [0.15, 0.2) is 0 Å². The van der Waals surface area contributed by atoms with E-state index < -0.39 is 6.04 Å². The molecule has 5 heteroatoms. The van der Waals surface area contributed by atoms with Crippen LogP contribution in [0.25, 0.3) is 0 Å². The first kappa shape index (κ1) is 19.1. The minimum Gasteiger partial charge on any atom is -0.344 e. The van der Waals surface area contributed by atoms with E-state index in [9.17, 15) is 9.59 Å². The number of carbonyl (C=O) groups is 2. The fourth-order valence-electron chi connectivity index (χ4n) is 3.45. The van der Waals surface area contributed by atoms with Gasteiger partial charge in [0.05, 0.1) is 0 Å². The molecule has 1 atom stereocenters. The molecular formula is C22H27N3O2. The maximum Gasteiger partial charge on any atom is 0.245 e. The third kappa shape index (κ3) is 5.91. The van der Waals surface area contributed by atoms with E-state index in [4.69, 9.17) is 0 Å². The molecule has 1 saturated heterocycles. The standard InChI is InChI=1S/C22H27N3O2/c26-21(13-8-12-19-11-4-5-14-23-19)24-20(17-18-9-2-1-3-10-18)22(27)25-15-6-7-16-25/h1-5,9-11,14,20H,6-8,12-13,15-17H2,(H,24,26). The van der Waals surface area contributed by atoms with Crippen LogP contribution >= 0.6 is 0 Å². The largest absolute Gasteiger partial charge is 0.344 e. The fourth-order valence-corrected chi connectivity index (χ4v) is 3.45. The summed E-state index contributed by atoms with van der Waals surface area (Å²) in [6.07, 6.45) is 6.26. The molecule has 0 saturated carbocycles. The van der Waals surface area contributed by atoms with Gasteiger partial charge in [0, 0.05) is 37.8 Å². The van der Waals surface area contributed by atoms with Crippen molar-refractivity contribution in [1.29, 1.82) is 0 Å². The predicted molar refractivity (Wildman–Crippen MR) is 105 cm³/mol. The molecule has 1 unspecified atom stereocenters. The Morgan fingerprint density at radius 2 is 1.78 bits per heavy atom. The molecule has 1 N–H and O–H groups in total. The van der Waals surface area contributed by atoms with E-state index in [0.717, 1.165) is 50.0 Å². The van der Waals surface area contributed by atoms with E-state index in [-0.39, 0.29) is 11.8 Å². The molecule has 3 rings (SSSR count). The number of benzene rings is 1. The summed E-state index contributed by atoms with van der Waals surface area (Å²) in [6.45, 7) is 1.58. The number of rotatable bonds is 8. The number of amides is 2. The molecular weight excluding hydrogens is 338 g/mol. The molecule has 5 nitrogen and oxygen atoms in total. The number of likely N-dealkylation sites (tertiary alicyclic amines) is 1. The van der Waals surface area contributed by atoms with Crippen molar-refractivity contribution >= 4 is 11.8 Å². The molecule has 142 valence electrons. The van der Waals surface area contributed by atoms with Gasteiger partial charge < -0.3 is 10.2 Å². The molecule has 0 aliphatic carbocycles. The summed E-state index contributed by atoms with van der Waals surface area (Å²) in [5.74, 6) is -0.0335. The van der Waals surface area contributed by atoms with E-state index >= 15 is 0 Å². The Bertz CT molecular complexity index is 728. The molecule has 1 fully saturated rings. The smallest absolute Gasteiger partial charge is 0.245 e. The van der Waals surface area contributed by atoms with E-state index in [0.29, 0.717) is 12.8 Å². The Hall–Kier alpha value is -2.69. The van der Waals surface area contributed by atoms with Crippen LogP contribution < -0.4 is 5.32 Å². The van der Waals surface area contributed by atoms with Crippen molar-refractivity contribution in [2.45, 2.75) is 44.6 Å². The lowest BCUT2D eigenvalue weighted by Crippen LogP contribution is -2.49. The van der Waals surface area contributed by atoms with Crippen molar-refractivity contribution in [3.63, 3.8) is 0 Å². The zero-order valence-electron chi connectivity index (χ0n) is 15.6. The van der Waals surface area contributed by atoms with Crippen molar-refractivity contribution < 1.29 is 9.59 Å². The van der Waals surface area contributed by atoms with Crippen LogP contribution in [0.4, 0.5) is 0 Å². The number of carbonyl (C=O) groups excluding carboxylic acids is 2. The number of pyridine rings is 1. The highest BCUT2D eigenvalue weighted by Crippen LogP contribution is 2.13. The van der Waals surface area contributed by atoms with Crippen molar-refractivity contribution in [2.75, 3.05) is 13.1 Å². The summed E-state index contributed by atoms with van der Waals surface area (Å²) in [7, 11) is 0. The molecule has 2 heterocycles. The van der Waals surface area contributed by atoms with Crippen LogP contribution in [-0.4, -0.2) is 40.8 Å². The van der Waals surface area contributed by atoms with Crippen molar-refractivity contribution in [3.8, 4) is 0 Å². The SMILES string of the molecule is O=C(CCCc1ccccn1)NC(Cc1ccccc1)C(=O)N1CCCC1. The average Bonchev–Trinajstić information content (AvgIpc) is 3.23. The third-order valence-electron chi connectivity index (χ3n) is 4.90. The van der Waals surface area contributed by atoms with Crippen molar-refractivity contribution in [2.24, 2.45) is 0 Å². The van der Waals surface area contributed by atoms with Gasteiger partial charge in [-0.25, -0.2) is 0 Å². The van der Waals surface area contributed by atoms with Crippen molar-refractivity contribution in [1.82, 2.24) is 15.2 Å². The first-order chi connectivity index (χ1) is 13.2. The number of hydrogen-bond acceptors (Lipinski definition) is 3. The topological polar surface area (TPSA) is 62.3 Å². The average molecular weight is 365 g/mol. The highest BCUT2D eigenvalue weighted by atomic mass is 16.2. The molecule has 1 aromatic heterocycles. The second kappa shape index (κ2) is 9.86. The van der Waals surface area contributed by atoms with Gasteiger partial charge in [0.1, 0.15) is 6.04 Å². The van der Waals surface area contributed by atoms with Crippen LogP contribution in [0.1, 0.15) is 36.9 Å². The molecule has 2 aromatic rings. The molecule has 1 aliphatic rings. The Balaban J connectivity index is 1.56. The zero-order valence-corrected chi connectivity index (χ0v) is 15.6. The van der Waals surface area contributed by atoms with E-state index in [1.165, 1.54) is 0 Å². The lowest BCUT2D eigenvalue weighted by molar-refractivity contribution is -0.135. The second-order valence-corrected chi connectivity index (χ2v) is 7.02. The van der Waals surface area contributed by atoms with Crippen molar-refractivity contribution in [3.05, 3.63) is 66.0 Å². The maximum atomic E-state index is 12.9. The minimum absolute atomic E-state index is 0.0365. The summed E-state index contributed by atoms with van der Waals surface area (Å²) >= 11 is 0. The Kier molecular flexibility index (Phi) is 6.97. The highest BCUT2D eigenvalue weighted by Gasteiger charge is 2.27. The number of nitrogens with one attached hydrogen (secondary N) is 1. The summed E-state index contributed by atoms with van der Waals surface area (Å²) in [5.41, 5.74) is 2.04. The van der Waals surface area contributed by atoms with Crippen LogP contribution in [0.5, 0.6) is 0 Å². The Labute approximate surface area is 160 Å². The summed E-state index contributed by atoms with van der Waals surface area (Å²) in [6, 6.07) is 15.2. The van der Waals surface area contributed by atoms with E-state index in [1.807, 2.05) is 53.4 Å². The van der Waals surface area contributed by atoms with Crippen LogP contribution in [0.2, 0.25) is 0 Å². The van der Waals surface area contributed by atoms with Gasteiger partial charge in [-0.15, -0.1) is 0 Å². The summed E-state index contributed by atoms with van der Waals surface area (Å²) in [4.78, 5) is 31.5. The van der Waals surface area contributed by atoms with Gasteiger partial charge >= 0.3 is 0 Å². The number of aromatic nitrogens is 1. The van der Waals surface area contributed by atoms with Gasteiger partial charge in [-0.05, 0) is 43.4 Å². The third-order valence-corrected chi connectivity index (χ3v) is 4.90. The first-order valence-electron chi connectivity index (χ1n) is 9.74. The summed E-state index contributed by atoms with van der Waals surface area (Å²) < 4.78 is 0. The molecule has 0 spiro atoms. The van der Waals surface area contributed by atoms with Crippen LogP contribution in [0.15, 0.2) is 54.7 Å². The van der Waals surface area contributed by atoms with Gasteiger partial charge in [-0.3, -0.25) is 14.6 Å². The molecule has 2 amide bonds. The van der Waals surface area contributed by atoms with Crippen LogP contribution in [0.3, 0.4) is 0 Å². The first-order valence-corrected chi connectivity index (χ1v) is 9.74. The molecule has 1 aromatic carbocycles. The van der Waals surface area contributed by atoms with E-state index in [1.54, 1.807) is 6.20 Å². The number of aryl methyl sites for hydroxylation is 1. The van der Waals surface area contributed by atoms with Crippen LogP contribution in [0, 0.1) is 0 Å².